The molecular formula is C15H27N3O2. The lowest BCUT2D eigenvalue weighted by Gasteiger charge is -2.40. The van der Waals surface area contributed by atoms with Crippen molar-refractivity contribution in [2.75, 3.05) is 13.2 Å². The molecular weight excluding hydrogens is 254 g/mol. The number of hydrogen-bond donors (Lipinski definition) is 2. The highest BCUT2D eigenvalue weighted by Crippen LogP contribution is 2.31. The largest absolute Gasteiger partial charge is 0.390 e. The molecule has 1 aliphatic heterocycles. The van der Waals surface area contributed by atoms with Crippen molar-refractivity contribution in [3.05, 3.63) is 18.5 Å². The smallest absolute Gasteiger partial charge is 0.0860 e. The first-order valence-electron chi connectivity index (χ1n) is 7.70. The molecule has 1 aliphatic rings. The van der Waals surface area contributed by atoms with Gasteiger partial charge in [0.2, 0.25) is 0 Å². The first-order valence-corrected chi connectivity index (χ1v) is 7.70. The summed E-state index contributed by atoms with van der Waals surface area (Å²) in [5, 5.41) is 17.6. The van der Waals surface area contributed by atoms with Crippen LogP contribution >= 0.6 is 0 Å². The zero-order valence-electron chi connectivity index (χ0n) is 12.6. The standard InChI is InChI=1S/C15H27N3O2/c1-3-15(4-2)10-13(6-9-20-15)16-11-14(19)12-18-8-5-7-17-18/h5,7-8,13-14,16,19H,3-4,6,9-12H2,1-2H3. The molecule has 2 atom stereocenters. The highest BCUT2D eigenvalue weighted by atomic mass is 16.5. The predicted octanol–water partition coefficient (Wildman–Crippen LogP) is 1.57. The van der Waals surface area contributed by atoms with Crippen molar-refractivity contribution in [1.29, 1.82) is 0 Å². The lowest BCUT2D eigenvalue weighted by molar-refractivity contribution is -0.0938. The second-order valence-corrected chi connectivity index (χ2v) is 5.72. The molecule has 0 aliphatic carbocycles. The van der Waals surface area contributed by atoms with Crippen LogP contribution in [0.1, 0.15) is 39.5 Å². The fourth-order valence-corrected chi connectivity index (χ4v) is 2.94. The fourth-order valence-electron chi connectivity index (χ4n) is 2.94. The van der Waals surface area contributed by atoms with E-state index in [-0.39, 0.29) is 5.60 Å². The minimum Gasteiger partial charge on any atom is -0.390 e. The van der Waals surface area contributed by atoms with Crippen molar-refractivity contribution < 1.29 is 9.84 Å². The van der Waals surface area contributed by atoms with E-state index >= 15 is 0 Å². The number of ether oxygens (including phenoxy) is 1. The minimum atomic E-state index is -0.407. The molecule has 1 fully saturated rings. The summed E-state index contributed by atoms with van der Waals surface area (Å²) in [5.74, 6) is 0. The van der Waals surface area contributed by atoms with Crippen molar-refractivity contribution in [2.45, 2.75) is 63.8 Å². The summed E-state index contributed by atoms with van der Waals surface area (Å²) in [6.07, 6.45) is 7.36. The second kappa shape index (κ2) is 7.20. The molecule has 114 valence electrons. The van der Waals surface area contributed by atoms with E-state index in [4.69, 9.17) is 4.74 Å². The zero-order valence-corrected chi connectivity index (χ0v) is 12.6. The van der Waals surface area contributed by atoms with Gasteiger partial charge in [-0.05, 0) is 31.7 Å². The van der Waals surface area contributed by atoms with Gasteiger partial charge in [-0.2, -0.15) is 5.10 Å². The Hall–Kier alpha value is -0.910. The number of nitrogens with zero attached hydrogens (tertiary/aromatic N) is 2. The highest BCUT2D eigenvalue weighted by molar-refractivity contribution is 4.88. The summed E-state index contributed by atoms with van der Waals surface area (Å²) < 4.78 is 7.73. The Balaban J connectivity index is 1.75. The molecule has 0 amide bonds. The fraction of sp³-hybridized carbons (Fsp3) is 0.800. The molecule has 0 aromatic carbocycles. The Kier molecular flexibility index (Phi) is 5.57. The van der Waals surface area contributed by atoms with E-state index in [0.717, 1.165) is 32.3 Å². The normalized spacial score (nSPS) is 23.6. The van der Waals surface area contributed by atoms with Gasteiger partial charge >= 0.3 is 0 Å². The van der Waals surface area contributed by atoms with Crippen molar-refractivity contribution in [3.8, 4) is 0 Å². The first kappa shape index (κ1) is 15.5. The molecule has 0 bridgehead atoms. The Morgan fingerprint density at radius 1 is 1.50 bits per heavy atom. The third-order valence-corrected chi connectivity index (χ3v) is 4.38. The van der Waals surface area contributed by atoms with Crippen LogP contribution < -0.4 is 5.32 Å². The Bertz CT molecular complexity index is 376. The minimum absolute atomic E-state index is 0.0306. The molecule has 2 heterocycles. The van der Waals surface area contributed by atoms with Gasteiger partial charge in [0.1, 0.15) is 0 Å². The van der Waals surface area contributed by atoms with Crippen LogP contribution in [-0.2, 0) is 11.3 Å². The van der Waals surface area contributed by atoms with E-state index < -0.39 is 6.10 Å². The molecule has 2 unspecified atom stereocenters. The van der Waals surface area contributed by atoms with Gasteiger partial charge in [0.05, 0.1) is 18.2 Å². The van der Waals surface area contributed by atoms with Gasteiger partial charge in [-0.1, -0.05) is 13.8 Å². The van der Waals surface area contributed by atoms with Crippen LogP contribution in [0.4, 0.5) is 0 Å². The van der Waals surface area contributed by atoms with Crippen LogP contribution in [0.3, 0.4) is 0 Å². The zero-order chi connectivity index (χ0) is 14.4. The van der Waals surface area contributed by atoms with Crippen molar-refractivity contribution >= 4 is 0 Å². The average Bonchev–Trinajstić information content (AvgIpc) is 2.98. The van der Waals surface area contributed by atoms with E-state index in [9.17, 15) is 5.11 Å². The molecule has 0 saturated carbocycles. The van der Waals surface area contributed by atoms with Gasteiger partial charge in [0.25, 0.3) is 0 Å². The quantitative estimate of drug-likeness (QED) is 0.796. The molecule has 2 N–H and O–H groups in total. The van der Waals surface area contributed by atoms with Gasteiger partial charge in [-0.15, -0.1) is 0 Å². The van der Waals surface area contributed by atoms with Gasteiger partial charge in [0, 0.05) is 31.6 Å². The van der Waals surface area contributed by atoms with Crippen LogP contribution in [0, 0.1) is 0 Å². The Morgan fingerprint density at radius 2 is 2.30 bits per heavy atom. The lowest BCUT2D eigenvalue weighted by atomic mass is 9.86. The van der Waals surface area contributed by atoms with Crippen LogP contribution in [0.25, 0.3) is 0 Å². The molecule has 1 saturated heterocycles. The van der Waals surface area contributed by atoms with Crippen LogP contribution in [-0.4, -0.2) is 45.8 Å². The van der Waals surface area contributed by atoms with E-state index in [1.807, 2.05) is 12.3 Å². The number of aliphatic hydroxyl groups excluding tert-OH is 1. The maximum absolute atomic E-state index is 10.0. The number of aliphatic hydroxyl groups is 1. The number of nitrogens with one attached hydrogen (secondary N) is 1. The summed E-state index contributed by atoms with van der Waals surface area (Å²) in [4.78, 5) is 0. The molecule has 1 aromatic rings. The molecule has 5 nitrogen and oxygen atoms in total. The number of hydrogen-bond acceptors (Lipinski definition) is 4. The topological polar surface area (TPSA) is 59.3 Å². The average molecular weight is 281 g/mol. The van der Waals surface area contributed by atoms with Gasteiger partial charge in [0.15, 0.2) is 0 Å². The van der Waals surface area contributed by atoms with Gasteiger partial charge in [-0.25, -0.2) is 0 Å². The Morgan fingerprint density at radius 3 is 2.95 bits per heavy atom. The molecule has 0 radical (unpaired) electrons. The summed E-state index contributed by atoms with van der Waals surface area (Å²) in [7, 11) is 0. The summed E-state index contributed by atoms with van der Waals surface area (Å²) in [6.45, 7) is 6.34. The van der Waals surface area contributed by atoms with Crippen LogP contribution in [0.5, 0.6) is 0 Å². The third kappa shape index (κ3) is 4.04. The molecule has 2 rings (SSSR count). The molecule has 1 aromatic heterocycles. The Labute approximate surface area is 121 Å². The van der Waals surface area contributed by atoms with E-state index in [1.165, 1.54) is 0 Å². The third-order valence-electron chi connectivity index (χ3n) is 4.38. The molecule has 0 spiro atoms. The van der Waals surface area contributed by atoms with Crippen LogP contribution in [0.2, 0.25) is 0 Å². The van der Waals surface area contributed by atoms with Gasteiger partial charge in [-0.3, -0.25) is 4.68 Å². The number of aromatic nitrogens is 2. The van der Waals surface area contributed by atoms with Crippen molar-refractivity contribution in [3.63, 3.8) is 0 Å². The SMILES string of the molecule is CCC1(CC)CC(NCC(O)Cn2cccn2)CCO1. The summed E-state index contributed by atoms with van der Waals surface area (Å²) in [6, 6.07) is 2.31. The van der Waals surface area contributed by atoms with E-state index in [2.05, 4.69) is 24.3 Å². The van der Waals surface area contributed by atoms with Gasteiger partial charge < -0.3 is 15.2 Å². The number of rotatable bonds is 7. The summed E-state index contributed by atoms with van der Waals surface area (Å²) >= 11 is 0. The summed E-state index contributed by atoms with van der Waals surface area (Å²) in [5.41, 5.74) is 0.0306. The molecule has 5 heteroatoms. The maximum atomic E-state index is 10.0. The second-order valence-electron chi connectivity index (χ2n) is 5.72. The van der Waals surface area contributed by atoms with Crippen LogP contribution in [0.15, 0.2) is 18.5 Å². The van der Waals surface area contributed by atoms with E-state index in [1.54, 1.807) is 10.9 Å². The van der Waals surface area contributed by atoms with Crippen molar-refractivity contribution in [2.24, 2.45) is 0 Å². The monoisotopic (exact) mass is 281 g/mol. The predicted molar refractivity (Wildman–Crippen MR) is 78.5 cm³/mol. The van der Waals surface area contributed by atoms with Crippen molar-refractivity contribution in [1.82, 2.24) is 15.1 Å². The lowest BCUT2D eigenvalue weighted by Crippen LogP contribution is -2.48. The highest BCUT2D eigenvalue weighted by Gasteiger charge is 2.34. The maximum Gasteiger partial charge on any atom is 0.0860 e. The molecule has 20 heavy (non-hydrogen) atoms. The van der Waals surface area contributed by atoms with E-state index in [0.29, 0.717) is 19.1 Å². The first-order chi connectivity index (χ1) is 9.67.